The van der Waals surface area contributed by atoms with Gasteiger partial charge in [-0.1, -0.05) is 66.7 Å². The van der Waals surface area contributed by atoms with E-state index in [1.807, 2.05) is 92.0 Å². The maximum atomic E-state index is 14.1. The van der Waals surface area contributed by atoms with E-state index in [1.165, 1.54) is 12.1 Å². The number of benzene rings is 4. The van der Waals surface area contributed by atoms with Gasteiger partial charge in [-0.25, -0.2) is 9.07 Å². The molecule has 0 aliphatic carbocycles. The summed E-state index contributed by atoms with van der Waals surface area (Å²) in [7, 11) is 3.42. The van der Waals surface area contributed by atoms with E-state index in [0.29, 0.717) is 29.6 Å². The van der Waals surface area contributed by atoms with Gasteiger partial charge in [0.05, 0.1) is 19.2 Å². The number of hydrogen-bond donors (Lipinski definition) is 0. The lowest BCUT2D eigenvalue weighted by molar-refractivity contribution is 0.0729. The number of nitrogens with zero attached hydrogens (tertiary/aromatic N) is 3. The number of aromatic nitrogens is 2. The summed E-state index contributed by atoms with van der Waals surface area (Å²) >= 11 is 0. The van der Waals surface area contributed by atoms with Crippen molar-refractivity contribution in [2.45, 2.75) is 13.1 Å². The minimum absolute atomic E-state index is 0.188. The van der Waals surface area contributed by atoms with E-state index >= 15 is 0 Å². The van der Waals surface area contributed by atoms with Gasteiger partial charge in [0.1, 0.15) is 23.0 Å². The van der Waals surface area contributed by atoms with E-state index in [9.17, 15) is 9.18 Å². The minimum Gasteiger partial charge on any atom is -0.497 e. The molecule has 0 saturated carbocycles. The molecule has 39 heavy (non-hydrogen) atoms. The van der Waals surface area contributed by atoms with Gasteiger partial charge in [-0.2, -0.15) is 5.10 Å². The Morgan fingerprint density at radius 1 is 0.846 bits per heavy atom. The fraction of sp³-hybridized carbons (Fsp3) is 0.125. The summed E-state index contributed by atoms with van der Waals surface area (Å²) in [5, 5.41) is 4.79. The van der Waals surface area contributed by atoms with Gasteiger partial charge in [-0.05, 0) is 48.0 Å². The molecular formula is C32H28FN3O3. The van der Waals surface area contributed by atoms with Crippen LogP contribution in [0.5, 0.6) is 17.4 Å². The predicted molar refractivity (Wildman–Crippen MR) is 148 cm³/mol. The van der Waals surface area contributed by atoms with Crippen LogP contribution in [0.2, 0.25) is 0 Å². The molecule has 0 saturated heterocycles. The quantitative estimate of drug-likeness (QED) is 0.212. The Kier molecular flexibility index (Phi) is 7.68. The van der Waals surface area contributed by atoms with Crippen molar-refractivity contribution in [2.75, 3.05) is 7.11 Å². The van der Waals surface area contributed by atoms with Gasteiger partial charge >= 0.3 is 0 Å². The minimum atomic E-state index is -0.463. The lowest BCUT2D eigenvalue weighted by atomic mass is 10.1. The van der Waals surface area contributed by atoms with Crippen LogP contribution in [-0.4, -0.2) is 27.7 Å². The van der Waals surface area contributed by atoms with Gasteiger partial charge in [0, 0.05) is 24.7 Å². The molecule has 5 aromatic rings. The van der Waals surface area contributed by atoms with Crippen molar-refractivity contribution in [1.82, 2.24) is 14.7 Å². The fourth-order valence-corrected chi connectivity index (χ4v) is 4.40. The summed E-state index contributed by atoms with van der Waals surface area (Å²) in [5.74, 6) is 1.06. The third-order valence-electron chi connectivity index (χ3n) is 6.33. The third-order valence-corrected chi connectivity index (χ3v) is 6.33. The SMILES string of the molecule is COc1ccc(Oc2c(CN(Cc3ccccc3)C(=O)c3cccc(F)c3)c(-c3ccccc3)nn2C)cc1. The normalized spacial score (nSPS) is 10.7. The molecule has 1 aromatic heterocycles. The zero-order valence-electron chi connectivity index (χ0n) is 21.8. The van der Waals surface area contributed by atoms with Crippen molar-refractivity contribution >= 4 is 5.91 Å². The molecular weight excluding hydrogens is 493 g/mol. The number of carbonyl (C=O) groups excluding carboxylic acids is 1. The van der Waals surface area contributed by atoms with Crippen molar-refractivity contribution in [2.24, 2.45) is 7.05 Å². The molecule has 5 rings (SSSR count). The smallest absolute Gasteiger partial charge is 0.254 e. The maximum Gasteiger partial charge on any atom is 0.254 e. The highest BCUT2D eigenvalue weighted by Gasteiger charge is 2.25. The first-order valence-electron chi connectivity index (χ1n) is 12.5. The largest absolute Gasteiger partial charge is 0.497 e. The van der Waals surface area contributed by atoms with Gasteiger partial charge in [0.2, 0.25) is 5.88 Å². The van der Waals surface area contributed by atoms with E-state index in [2.05, 4.69) is 0 Å². The molecule has 1 heterocycles. The van der Waals surface area contributed by atoms with Crippen LogP contribution in [0.4, 0.5) is 4.39 Å². The van der Waals surface area contributed by atoms with Gasteiger partial charge in [0.25, 0.3) is 5.91 Å². The highest BCUT2D eigenvalue weighted by Crippen LogP contribution is 2.35. The third kappa shape index (κ3) is 5.99. The van der Waals surface area contributed by atoms with E-state index in [1.54, 1.807) is 28.8 Å². The molecule has 0 fully saturated rings. The molecule has 4 aromatic carbocycles. The van der Waals surface area contributed by atoms with Crippen LogP contribution >= 0.6 is 0 Å². The molecule has 0 aliphatic heterocycles. The summed E-state index contributed by atoms with van der Waals surface area (Å²) in [5.41, 5.74) is 3.55. The Balaban J connectivity index is 1.58. The van der Waals surface area contributed by atoms with E-state index in [4.69, 9.17) is 14.6 Å². The Morgan fingerprint density at radius 2 is 1.51 bits per heavy atom. The van der Waals surface area contributed by atoms with E-state index < -0.39 is 5.82 Å². The summed E-state index contributed by atoms with van der Waals surface area (Å²) in [6, 6.07) is 32.5. The number of hydrogen-bond acceptors (Lipinski definition) is 4. The Bertz CT molecular complexity index is 1550. The monoisotopic (exact) mass is 521 g/mol. The lowest BCUT2D eigenvalue weighted by Crippen LogP contribution is -2.30. The molecule has 0 bridgehead atoms. The van der Waals surface area contributed by atoms with Crippen LogP contribution in [0.1, 0.15) is 21.5 Å². The van der Waals surface area contributed by atoms with E-state index in [0.717, 1.165) is 16.7 Å². The lowest BCUT2D eigenvalue weighted by Gasteiger charge is -2.24. The van der Waals surface area contributed by atoms with E-state index in [-0.39, 0.29) is 18.0 Å². The highest BCUT2D eigenvalue weighted by molar-refractivity contribution is 5.94. The zero-order chi connectivity index (χ0) is 27.2. The molecule has 0 radical (unpaired) electrons. The topological polar surface area (TPSA) is 56.6 Å². The summed E-state index contributed by atoms with van der Waals surface area (Å²) in [6.07, 6.45) is 0. The molecule has 196 valence electrons. The molecule has 0 unspecified atom stereocenters. The number of ether oxygens (including phenoxy) is 2. The number of amides is 1. The number of carbonyl (C=O) groups is 1. The van der Waals surface area contributed by atoms with Gasteiger partial charge < -0.3 is 14.4 Å². The van der Waals surface area contributed by atoms with Crippen LogP contribution in [0, 0.1) is 5.82 Å². The maximum absolute atomic E-state index is 14.1. The Hall–Kier alpha value is -4.91. The van der Waals surface area contributed by atoms with Crippen LogP contribution < -0.4 is 9.47 Å². The number of methoxy groups -OCH3 is 1. The van der Waals surface area contributed by atoms with Crippen molar-refractivity contribution in [1.29, 1.82) is 0 Å². The molecule has 0 spiro atoms. The number of halogens is 1. The van der Waals surface area contributed by atoms with Crippen molar-refractivity contribution < 1.29 is 18.7 Å². The summed E-state index contributed by atoms with van der Waals surface area (Å²) in [4.78, 5) is 15.5. The second-order valence-corrected chi connectivity index (χ2v) is 9.06. The summed E-state index contributed by atoms with van der Waals surface area (Å²) < 4.78 is 27.4. The molecule has 7 heteroatoms. The Labute approximate surface area is 226 Å². The fourth-order valence-electron chi connectivity index (χ4n) is 4.40. The average molecular weight is 522 g/mol. The molecule has 6 nitrogen and oxygen atoms in total. The molecule has 0 N–H and O–H groups in total. The molecule has 1 amide bonds. The van der Waals surface area contributed by atoms with Gasteiger partial charge in [-0.3, -0.25) is 4.79 Å². The van der Waals surface area contributed by atoms with Crippen LogP contribution in [0.25, 0.3) is 11.3 Å². The second kappa shape index (κ2) is 11.6. The first-order chi connectivity index (χ1) is 19.0. The Morgan fingerprint density at radius 3 is 2.18 bits per heavy atom. The standard InChI is InChI=1S/C32H28FN3O3/c1-35-32(39-28-18-16-27(38-2)17-19-28)29(30(34-35)24-12-7-4-8-13-24)22-36(21-23-10-5-3-6-11-23)31(37)25-14-9-15-26(33)20-25/h3-20H,21-22H2,1-2H3. The van der Waals surface area contributed by atoms with Crippen LogP contribution in [0.3, 0.4) is 0 Å². The van der Waals surface area contributed by atoms with Crippen molar-refractivity contribution in [3.05, 3.63) is 132 Å². The van der Waals surface area contributed by atoms with Crippen molar-refractivity contribution in [3.63, 3.8) is 0 Å². The average Bonchev–Trinajstić information content (AvgIpc) is 3.28. The first-order valence-corrected chi connectivity index (χ1v) is 12.5. The second-order valence-electron chi connectivity index (χ2n) is 9.06. The summed E-state index contributed by atoms with van der Waals surface area (Å²) in [6.45, 7) is 0.509. The van der Waals surface area contributed by atoms with Crippen LogP contribution in [-0.2, 0) is 20.1 Å². The predicted octanol–water partition coefficient (Wildman–Crippen LogP) is 6.87. The van der Waals surface area contributed by atoms with Crippen molar-refractivity contribution in [3.8, 4) is 28.6 Å². The highest BCUT2D eigenvalue weighted by atomic mass is 19.1. The first kappa shape index (κ1) is 25.7. The molecule has 0 aliphatic rings. The van der Waals surface area contributed by atoms with Gasteiger partial charge in [-0.15, -0.1) is 0 Å². The zero-order valence-corrected chi connectivity index (χ0v) is 21.8. The number of aryl methyl sites for hydroxylation is 1. The van der Waals surface area contributed by atoms with Crippen LogP contribution in [0.15, 0.2) is 109 Å². The number of rotatable bonds is 9. The van der Waals surface area contributed by atoms with Gasteiger partial charge in [0.15, 0.2) is 0 Å². The molecule has 0 atom stereocenters.